The molecule has 2 aromatic carbocycles. The van der Waals surface area contributed by atoms with Crippen molar-refractivity contribution >= 4 is 61.8 Å². The monoisotopic (exact) mass is 809 g/mol. The van der Waals surface area contributed by atoms with Gasteiger partial charge >= 0.3 is 5.97 Å². The van der Waals surface area contributed by atoms with Crippen LogP contribution >= 0.6 is 11.6 Å². The van der Waals surface area contributed by atoms with E-state index in [4.69, 9.17) is 25.8 Å². The van der Waals surface area contributed by atoms with E-state index in [0.29, 0.717) is 45.6 Å². The molecule has 300 valence electrons. The van der Waals surface area contributed by atoms with Gasteiger partial charge in [-0.3, -0.25) is 19.1 Å². The number of sulfonamides is 1. The molecule has 14 nitrogen and oxygen atoms in total. The smallest absolute Gasteiger partial charge is 0.338 e. The molecule has 56 heavy (non-hydrogen) atoms. The number of amides is 3. The maximum atomic E-state index is 14.8. The van der Waals surface area contributed by atoms with Gasteiger partial charge in [-0.25, -0.2) is 18.2 Å². The number of aromatic nitrogens is 1. The van der Waals surface area contributed by atoms with E-state index in [0.717, 1.165) is 0 Å². The van der Waals surface area contributed by atoms with Crippen molar-refractivity contribution < 1.29 is 41.8 Å². The average Bonchev–Trinajstić information content (AvgIpc) is 4.06. The van der Waals surface area contributed by atoms with Crippen molar-refractivity contribution in [2.75, 3.05) is 19.0 Å². The van der Waals surface area contributed by atoms with Crippen LogP contribution in [0.25, 0.3) is 10.8 Å². The molecule has 5 atom stereocenters. The van der Waals surface area contributed by atoms with Gasteiger partial charge in [0, 0.05) is 33.8 Å². The Morgan fingerprint density at radius 2 is 1.82 bits per heavy atom. The topological polar surface area (TPSA) is 182 Å². The molecule has 3 N–H and O–H groups in total. The van der Waals surface area contributed by atoms with Gasteiger partial charge in [0.25, 0.3) is 5.91 Å². The number of methoxy groups -OCH3 is 1. The molecule has 0 bridgehead atoms. The number of likely N-dealkylation sites (tertiary alicyclic amines) is 1. The summed E-state index contributed by atoms with van der Waals surface area (Å²) in [6, 6.07) is 9.74. The van der Waals surface area contributed by atoms with Crippen LogP contribution in [0.4, 0.5) is 5.69 Å². The Labute approximate surface area is 331 Å². The number of ether oxygens (including phenoxy) is 3. The van der Waals surface area contributed by atoms with Crippen molar-refractivity contribution in [1.82, 2.24) is 19.9 Å². The Kier molecular flexibility index (Phi) is 11.3. The third-order valence-electron chi connectivity index (χ3n) is 10.2. The second-order valence-electron chi connectivity index (χ2n) is 16.0. The minimum Gasteiger partial charge on any atom is -0.494 e. The molecular weight excluding hydrogens is 762 g/mol. The van der Waals surface area contributed by atoms with E-state index in [9.17, 15) is 27.6 Å². The fourth-order valence-electron chi connectivity index (χ4n) is 6.97. The van der Waals surface area contributed by atoms with Crippen molar-refractivity contribution in [3.63, 3.8) is 0 Å². The summed E-state index contributed by atoms with van der Waals surface area (Å²) in [6.45, 7) is 12.9. The highest BCUT2D eigenvalue weighted by atomic mass is 35.5. The highest BCUT2D eigenvalue weighted by molar-refractivity contribution is 7.91. The molecule has 0 radical (unpaired) electrons. The highest BCUT2D eigenvalue weighted by Crippen LogP contribution is 2.46. The largest absolute Gasteiger partial charge is 0.494 e. The Morgan fingerprint density at radius 3 is 2.45 bits per heavy atom. The van der Waals surface area contributed by atoms with E-state index in [2.05, 4.69) is 26.9 Å². The van der Waals surface area contributed by atoms with Gasteiger partial charge < -0.3 is 29.7 Å². The van der Waals surface area contributed by atoms with Gasteiger partial charge in [-0.2, -0.15) is 0 Å². The van der Waals surface area contributed by atoms with Crippen LogP contribution in [0.2, 0.25) is 5.02 Å². The number of hydrogen-bond acceptors (Lipinski definition) is 11. The molecule has 2 saturated carbocycles. The summed E-state index contributed by atoms with van der Waals surface area (Å²) in [5.74, 6) is -2.28. The zero-order chi connectivity index (χ0) is 40.7. The molecule has 3 fully saturated rings. The van der Waals surface area contributed by atoms with E-state index >= 15 is 0 Å². The lowest BCUT2D eigenvalue weighted by atomic mass is 9.85. The number of fused-ring (bicyclic) bond motifs is 1. The van der Waals surface area contributed by atoms with Gasteiger partial charge in [0.1, 0.15) is 29.5 Å². The lowest BCUT2D eigenvalue weighted by Crippen LogP contribution is -2.58. The minimum atomic E-state index is -3.91. The van der Waals surface area contributed by atoms with Gasteiger partial charge in [-0.1, -0.05) is 44.5 Å². The first kappa shape index (κ1) is 40.8. The van der Waals surface area contributed by atoms with Crippen molar-refractivity contribution in [3.8, 4) is 11.6 Å². The van der Waals surface area contributed by atoms with Crippen LogP contribution < -0.4 is 24.8 Å². The van der Waals surface area contributed by atoms with E-state index in [-0.39, 0.29) is 31.4 Å². The molecule has 16 heteroatoms. The number of rotatable bonds is 14. The predicted octanol–water partition coefficient (Wildman–Crippen LogP) is 5.01. The number of nitrogens with zero attached hydrogens (tertiary/aromatic N) is 2. The van der Waals surface area contributed by atoms with Crippen LogP contribution in [0.5, 0.6) is 11.6 Å². The van der Waals surface area contributed by atoms with Gasteiger partial charge in [-0.05, 0) is 74.9 Å². The Hall–Kier alpha value is -4.89. The second-order valence-corrected chi connectivity index (χ2v) is 18.4. The fourth-order valence-corrected chi connectivity index (χ4v) is 8.51. The average molecular weight is 810 g/mol. The summed E-state index contributed by atoms with van der Waals surface area (Å²) < 4.78 is 45.0. The molecule has 3 aliphatic rings. The summed E-state index contributed by atoms with van der Waals surface area (Å²) in [4.78, 5) is 61.4. The van der Waals surface area contributed by atoms with Gasteiger partial charge in [0.15, 0.2) is 0 Å². The van der Waals surface area contributed by atoms with Crippen LogP contribution in [0.15, 0.2) is 61.3 Å². The summed E-state index contributed by atoms with van der Waals surface area (Å²) in [6.07, 6.45) is 2.99. The van der Waals surface area contributed by atoms with E-state index < -0.39 is 74.0 Å². The SMILES string of the molecule is C=CC1CC1(NC(=O)[C@@H]1C[C@@H](Oc2ncc(OC)c3ccc(Cl)cc23)CN1C(=O)[C@@H](Nc1cccc(C(=O)OC(C)C)c1)C(C)(C)C)C(=O)NS(=O)(=O)C1CC1. The van der Waals surface area contributed by atoms with Crippen molar-refractivity contribution in [3.05, 3.63) is 71.9 Å². The highest BCUT2D eigenvalue weighted by Gasteiger charge is 2.62. The number of nitrogens with one attached hydrogen (secondary N) is 3. The number of hydrogen-bond donors (Lipinski definition) is 3. The number of esters is 1. The standard InChI is InChI=1S/C40H48ClN5O9S/c1-8-24-19-40(24,38(50)45-56(51,52)28-13-14-28)44-34(47)31-18-27(55-35-30-17-25(41)12-15-29(30)32(53-7)20-42-35)21-46(31)36(48)33(39(4,5)6)43-26-11-9-10-23(16-26)37(49)54-22(2)3/h8-12,15-17,20,22,24,27-28,31,33,43H,1,13-14,18-19,21H2,2-7H3,(H,44,47)(H,45,50)/t24?,27-,31+,33-,40?/m1/s1. The van der Waals surface area contributed by atoms with E-state index in [1.54, 1.807) is 56.3 Å². The lowest BCUT2D eigenvalue weighted by molar-refractivity contribution is -0.141. The number of halogens is 1. The zero-order valence-electron chi connectivity index (χ0n) is 32.3. The van der Waals surface area contributed by atoms with Gasteiger partial charge in [-0.15, -0.1) is 6.58 Å². The molecule has 0 spiro atoms. The van der Waals surface area contributed by atoms with E-state index in [1.165, 1.54) is 24.3 Å². The number of carbonyl (C=O) groups is 4. The molecule has 1 aromatic heterocycles. The molecule has 3 amide bonds. The van der Waals surface area contributed by atoms with Gasteiger partial charge in [0.2, 0.25) is 27.7 Å². The number of anilines is 1. The van der Waals surface area contributed by atoms with Crippen LogP contribution in [0.1, 0.15) is 70.7 Å². The molecule has 2 heterocycles. The Morgan fingerprint density at radius 1 is 1.09 bits per heavy atom. The maximum Gasteiger partial charge on any atom is 0.338 e. The quantitative estimate of drug-likeness (QED) is 0.147. The predicted molar refractivity (Wildman–Crippen MR) is 211 cm³/mol. The molecule has 1 saturated heterocycles. The molecule has 1 aliphatic heterocycles. The summed E-state index contributed by atoms with van der Waals surface area (Å²) in [7, 11) is -2.39. The maximum absolute atomic E-state index is 14.8. The molecule has 2 unspecified atom stereocenters. The number of pyridine rings is 1. The van der Waals surface area contributed by atoms with Gasteiger partial charge in [0.05, 0.1) is 36.8 Å². The normalized spacial score (nSPS) is 22.6. The Bertz CT molecular complexity index is 2170. The minimum absolute atomic E-state index is 0.0115. The molecule has 6 rings (SSSR count). The van der Waals surface area contributed by atoms with Crippen molar-refractivity contribution in [2.24, 2.45) is 11.3 Å². The second kappa shape index (κ2) is 15.6. The summed E-state index contributed by atoms with van der Waals surface area (Å²) in [5.41, 5.74) is -1.51. The first-order chi connectivity index (χ1) is 26.4. The third kappa shape index (κ3) is 8.58. The fraction of sp³-hybridized carbons (Fsp3) is 0.475. The van der Waals surface area contributed by atoms with Crippen LogP contribution in [0, 0.1) is 11.3 Å². The summed E-state index contributed by atoms with van der Waals surface area (Å²) in [5, 5.41) is 7.15. The van der Waals surface area contributed by atoms with E-state index in [1.807, 2.05) is 20.8 Å². The first-order valence-corrected chi connectivity index (χ1v) is 20.5. The van der Waals surface area contributed by atoms with Crippen LogP contribution in [0.3, 0.4) is 0 Å². The van der Waals surface area contributed by atoms with Crippen molar-refractivity contribution in [2.45, 2.75) is 95.4 Å². The molecular formula is C40H48ClN5O9S. The lowest BCUT2D eigenvalue weighted by Gasteiger charge is -2.36. The Balaban J connectivity index is 1.32. The molecule has 3 aromatic rings. The zero-order valence-corrected chi connectivity index (χ0v) is 33.8. The summed E-state index contributed by atoms with van der Waals surface area (Å²) >= 11 is 6.36. The molecule has 2 aliphatic carbocycles. The number of benzene rings is 2. The third-order valence-corrected chi connectivity index (χ3v) is 12.3. The van der Waals surface area contributed by atoms with Crippen LogP contribution in [-0.4, -0.2) is 90.7 Å². The van der Waals surface area contributed by atoms with Crippen molar-refractivity contribution in [1.29, 1.82) is 0 Å². The first-order valence-electron chi connectivity index (χ1n) is 18.5. The number of carbonyl (C=O) groups excluding carboxylic acids is 4. The van der Waals surface area contributed by atoms with Crippen LogP contribution in [-0.2, 0) is 29.1 Å².